The van der Waals surface area contributed by atoms with Gasteiger partial charge in [-0.2, -0.15) is 0 Å². The molecule has 0 spiro atoms. The zero-order valence-corrected chi connectivity index (χ0v) is 16.0. The third-order valence-corrected chi connectivity index (χ3v) is 4.52. The summed E-state index contributed by atoms with van der Waals surface area (Å²) in [7, 11) is 3.19. The molecule has 6 nitrogen and oxygen atoms in total. The Labute approximate surface area is 159 Å². The number of hydrogen-bond donors (Lipinski definition) is 2. The van der Waals surface area contributed by atoms with Gasteiger partial charge in [0.1, 0.15) is 5.82 Å². The lowest BCUT2D eigenvalue weighted by atomic mass is 9.99. The second kappa shape index (κ2) is 7.63. The van der Waals surface area contributed by atoms with E-state index >= 15 is 0 Å². The fourth-order valence-electron chi connectivity index (χ4n) is 3.11. The topological polar surface area (TPSA) is 96.3 Å². The first kappa shape index (κ1) is 18.7. The van der Waals surface area contributed by atoms with E-state index in [1.54, 1.807) is 14.2 Å². The summed E-state index contributed by atoms with van der Waals surface area (Å²) in [6.07, 6.45) is 0. The highest BCUT2D eigenvalue weighted by atomic mass is 16.5. The minimum absolute atomic E-state index is 0.265. The maximum absolute atomic E-state index is 6.23. The zero-order valence-electron chi connectivity index (χ0n) is 16.0. The summed E-state index contributed by atoms with van der Waals surface area (Å²) >= 11 is 0. The van der Waals surface area contributed by atoms with Crippen LogP contribution in [-0.4, -0.2) is 24.2 Å². The van der Waals surface area contributed by atoms with Crippen LogP contribution in [0, 0.1) is 13.8 Å². The van der Waals surface area contributed by atoms with Crippen molar-refractivity contribution in [3.05, 3.63) is 53.1 Å². The largest absolute Gasteiger partial charge is 0.493 e. The summed E-state index contributed by atoms with van der Waals surface area (Å²) in [6, 6.07) is 11.7. The van der Waals surface area contributed by atoms with E-state index in [9.17, 15) is 0 Å². The van der Waals surface area contributed by atoms with E-state index in [2.05, 4.69) is 31.0 Å². The van der Waals surface area contributed by atoms with Gasteiger partial charge in [-0.25, -0.2) is 9.97 Å². The van der Waals surface area contributed by atoms with Gasteiger partial charge in [0.2, 0.25) is 0 Å². The minimum atomic E-state index is 0.265. The minimum Gasteiger partial charge on any atom is -0.493 e. The van der Waals surface area contributed by atoms with Crippen LogP contribution in [0.4, 0.5) is 5.82 Å². The molecule has 1 heterocycles. The number of aromatic nitrogens is 2. The predicted octanol–water partition coefficient (Wildman–Crippen LogP) is 3.49. The van der Waals surface area contributed by atoms with E-state index in [0.29, 0.717) is 23.1 Å². The molecule has 1 aromatic heterocycles. The van der Waals surface area contributed by atoms with Gasteiger partial charge in [0.25, 0.3) is 0 Å². The monoisotopic (exact) mass is 364 g/mol. The molecule has 2 aromatic carbocycles. The summed E-state index contributed by atoms with van der Waals surface area (Å²) in [4.78, 5) is 9.27. The summed E-state index contributed by atoms with van der Waals surface area (Å²) in [6.45, 7) is 4.38. The molecule has 3 aromatic rings. The molecule has 0 unspecified atom stereocenters. The zero-order chi connectivity index (χ0) is 19.6. The molecule has 0 aliphatic heterocycles. The normalized spacial score (nSPS) is 10.7. The standard InChI is InChI=1S/C21H24N4O2/c1-12-5-7-15(13(2)9-12)19-16(11-22)20(23)25-21(24-19)14-6-8-17(26-3)18(10-14)27-4/h5-10H,11,22H2,1-4H3,(H2,23,24,25). The number of methoxy groups -OCH3 is 2. The van der Waals surface area contributed by atoms with E-state index < -0.39 is 0 Å². The lowest BCUT2D eigenvalue weighted by Gasteiger charge is -2.15. The van der Waals surface area contributed by atoms with Crippen LogP contribution < -0.4 is 20.9 Å². The van der Waals surface area contributed by atoms with E-state index in [0.717, 1.165) is 27.9 Å². The molecule has 0 bridgehead atoms. The highest BCUT2D eigenvalue weighted by molar-refractivity contribution is 5.74. The van der Waals surface area contributed by atoms with E-state index in [1.807, 2.05) is 24.3 Å². The number of anilines is 1. The van der Waals surface area contributed by atoms with Crippen molar-refractivity contribution in [1.82, 2.24) is 9.97 Å². The van der Waals surface area contributed by atoms with Crippen molar-refractivity contribution in [3.63, 3.8) is 0 Å². The highest BCUT2D eigenvalue weighted by Crippen LogP contribution is 2.34. The molecule has 27 heavy (non-hydrogen) atoms. The van der Waals surface area contributed by atoms with Gasteiger partial charge in [-0.05, 0) is 37.6 Å². The molecule has 0 saturated heterocycles. The molecule has 0 aliphatic carbocycles. The molecule has 140 valence electrons. The van der Waals surface area contributed by atoms with Gasteiger partial charge < -0.3 is 20.9 Å². The fraction of sp³-hybridized carbons (Fsp3) is 0.238. The Kier molecular flexibility index (Phi) is 5.28. The second-order valence-electron chi connectivity index (χ2n) is 6.35. The van der Waals surface area contributed by atoms with Crippen molar-refractivity contribution in [2.24, 2.45) is 5.73 Å². The number of nitrogens with zero attached hydrogens (tertiary/aromatic N) is 2. The number of benzene rings is 2. The lowest BCUT2D eigenvalue weighted by molar-refractivity contribution is 0.355. The predicted molar refractivity (Wildman–Crippen MR) is 108 cm³/mol. The van der Waals surface area contributed by atoms with Gasteiger partial charge in [-0.15, -0.1) is 0 Å². The molecule has 0 radical (unpaired) electrons. The van der Waals surface area contributed by atoms with Crippen LogP contribution in [0.25, 0.3) is 22.6 Å². The van der Waals surface area contributed by atoms with Gasteiger partial charge in [0.15, 0.2) is 17.3 Å². The van der Waals surface area contributed by atoms with Crippen LogP contribution >= 0.6 is 0 Å². The van der Waals surface area contributed by atoms with Crippen molar-refractivity contribution in [1.29, 1.82) is 0 Å². The summed E-state index contributed by atoms with van der Waals surface area (Å²) < 4.78 is 10.7. The third kappa shape index (κ3) is 3.57. The maximum Gasteiger partial charge on any atom is 0.162 e. The number of rotatable bonds is 5. The number of hydrogen-bond acceptors (Lipinski definition) is 6. The molecular formula is C21H24N4O2. The quantitative estimate of drug-likeness (QED) is 0.719. The maximum atomic E-state index is 6.23. The number of nitrogens with two attached hydrogens (primary N) is 2. The average molecular weight is 364 g/mol. The first-order valence-electron chi connectivity index (χ1n) is 8.65. The molecule has 0 amide bonds. The fourth-order valence-corrected chi connectivity index (χ4v) is 3.11. The Hall–Kier alpha value is -3.12. The Morgan fingerprint density at radius 1 is 0.926 bits per heavy atom. The van der Waals surface area contributed by atoms with Gasteiger partial charge in [-0.1, -0.05) is 23.8 Å². The Bertz CT molecular complexity index is 986. The van der Waals surface area contributed by atoms with E-state index in [4.69, 9.17) is 25.9 Å². The molecule has 6 heteroatoms. The van der Waals surface area contributed by atoms with E-state index in [-0.39, 0.29) is 6.54 Å². The SMILES string of the molecule is COc1ccc(-c2nc(N)c(CN)c(-c3ccc(C)cc3C)n2)cc1OC. The Morgan fingerprint density at radius 2 is 1.67 bits per heavy atom. The molecule has 0 fully saturated rings. The number of nitrogen functional groups attached to an aromatic ring is 1. The summed E-state index contributed by atoms with van der Waals surface area (Å²) in [5.41, 5.74) is 17.8. The van der Waals surface area contributed by atoms with Gasteiger partial charge in [-0.3, -0.25) is 0 Å². The van der Waals surface area contributed by atoms with Crippen LogP contribution in [0.1, 0.15) is 16.7 Å². The van der Waals surface area contributed by atoms with Crippen LogP contribution in [0.5, 0.6) is 11.5 Å². The first-order chi connectivity index (χ1) is 13.0. The van der Waals surface area contributed by atoms with Crippen molar-refractivity contribution >= 4 is 5.82 Å². The first-order valence-corrected chi connectivity index (χ1v) is 8.65. The van der Waals surface area contributed by atoms with Crippen LogP contribution in [0.2, 0.25) is 0 Å². The molecule has 3 rings (SSSR count). The molecule has 0 saturated carbocycles. The van der Waals surface area contributed by atoms with Crippen LogP contribution in [0.3, 0.4) is 0 Å². The highest BCUT2D eigenvalue weighted by Gasteiger charge is 2.17. The molecule has 0 atom stereocenters. The van der Waals surface area contributed by atoms with Crippen molar-refractivity contribution in [2.45, 2.75) is 20.4 Å². The Morgan fingerprint density at radius 3 is 2.30 bits per heavy atom. The molecule has 0 aliphatic rings. The van der Waals surface area contributed by atoms with Gasteiger partial charge in [0, 0.05) is 23.2 Å². The van der Waals surface area contributed by atoms with Crippen molar-refractivity contribution in [2.75, 3.05) is 20.0 Å². The number of ether oxygens (including phenoxy) is 2. The number of aryl methyl sites for hydroxylation is 2. The Balaban J connectivity index is 2.21. The molecule has 4 N–H and O–H groups in total. The lowest BCUT2D eigenvalue weighted by Crippen LogP contribution is -2.09. The second-order valence-corrected chi connectivity index (χ2v) is 6.35. The molecular weight excluding hydrogens is 340 g/mol. The average Bonchev–Trinajstić information content (AvgIpc) is 2.66. The van der Waals surface area contributed by atoms with Gasteiger partial charge in [0.05, 0.1) is 19.9 Å². The smallest absolute Gasteiger partial charge is 0.162 e. The third-order valence-electron chi connectivity index (χ3n) is 4.52. The summed E-state index contributed by atoms with van der Waals surface area (Å²) in [5, 5.41) is 0. The van der Waals surface area contributed by atoms with E-state index in [1.165, 1.54) is 5.56 Å². The summed E-state index contributed by atoms with van der Waals surface area (Å²) in [5.74, 6) is 2.14. The van der Waals surface area contributed by atoms with Crippen LogP contribution in [0.15, 0.2) is 36.4 Å². The van der Waals surface area contributed by atoms with Crippen molar-refractivity contribution in [3.8, 4) is 34.1 Å². The van der Waals surface area contributed by atoms with Crippen molar-refractivity contribution < 1.29 is 9.47 Å². The van der Waals surface area contributed by atoms with Crippen LogP contribution in [-0.2, 0) is 6.54 Å². The van der Waals surface area contributed by atoms with Gasteiger partial charge >= 0.3 is 0 Å².